The molecule has 1 aliphatic rings. The van der Waals surface area contributed by atoms with Crippen LogP contribution in [0.1, 0.15) is 83.6 Å². The highest BCUT2D eigenvalue weighted by molar-refractivity contribution is 7.09. The number of rotatable bonds is 6. The maximum Gasteiger partial charge on any atom is 0.273 e. The molecule has 2 atom stereocenters. The van der Waals surface area contributed by atoms with Gasteiger partial charge >= 0.3 is 0 Å². The molecule has 0 aliphatic carbocycles. The van der Waals surface area contributed by atoms with Crippen molar-refractivity contribution in [3.63, 3.8) is 0 Å². The van der Waals surface area contributed by atoms with E-state index in [1.54, 1.807) is 5.38 Å². The fourth-order valence-corrected chi connectivity index (χ4v) is 5.55. The molecule has 0 unspecified atom stereocenters. The molecule has 0 saturated heterocycles. The number of benzene rings is 1. The van der Waals surface area contributed by atoms with Crippen molar-refractivity contribution in [2.75, 3.05) is 26.2 Å². The zero-order valence-corrected chi connectivity index (χ0v) is 24.3. The lowest BCUT2D eigenvalue weighted by molar-refractivity contribution is -0.123. The van der Waals surface area contributed by atoms with Crippen LogP contribution < -0.4 is 16.0 Å². The molecule has 3 aromatic rings. The van der Waals surface area contributed by atoms with E-state index in [-0.39, 0.29) is 41.9 Å². The molecular weight excluding hydrogens is 528 g/mol. The summed E-state index contributed by atoms with van der Waals surface area (Å²) < 4.78 is 5.77. The zero-order valence-electron chi connectivity index (χ0n) is 23.5. The van der Waals surface area contributed by atoms with Gasteiger partial charge in [0.15, 0.2) is 5.69 Å². The molecular formula is C29H38N6O4S. The Kier molecular flexibility index (Phi) is 10.1. The van der Waals surface area contributed by atoms with E-state index in [0.29, 0.717) is 49.1 Å². The molecule has 0 radical (unpaired) electrons. The summed E-state index contributed by atoms with van der Waals surface area (Å²) in [6, 6.07) is 8.79. The zero-order chi connectivity index (χ0) is 28.6. The number of amides is 3. The maximum atomic E-state index is 13.3. The topological polar surface area (TPSA) is 129 Å². The number of hydrogen-bond acceptors (Lipinski definition) is 8. The van der Waals surface area contributed by atoms with Crippen molar-refractivity contribution in [1.82, 2.24) is 30.8 Å². The summed E-state index contributed by atoms with van der Waals surface area (Å²) in [7, 11) is 0. The Labute approximate surface area is 239 Å². The van der Waals surface area contributed by atoms with Gasteiger partial charge in [0.25, 0.3) is 11.8 Å². The van der Waals surface area contributed by atoms with Gasteiger partial charge in [-0.1, -0.05) is 58.0 Å². The van der Waals surface area contributed by atoms with Gasteiger partial charge in [-0.15, -0.1) is 11.3 Å². The third-order valence-corrected chi connectivity index (χ3v) is 7.40. The van der Waals surface area contributed by atoms with Crippen LogP contribution in [0, 0.1) is 11.8 Å². The second-order valence-electron chi connectivity index (χ2n) is 11.0. The summed E-state index contributed by atoms with van der Waals surface area (Å²) in [6.45, 7) is 10.0. The van der Waals surface area contributed by atoms with E-state index in [4.69, 9.17) is 4.42 Å². The molecule has 4 rings (SSSR count). The standard InChI is InChI=1S/C29H38N6O4S/c1-18(2)12-22-29-34-24(17-40-29)26(37)30-10-11-35(14-19(3)4)15-25(36)31-21(13-20-8-6-5-7-9-20)28-33-23(16-39-28)27(38)32-22/h5-9,16-19,21-22H,10-15H2,1-4H3,(H,30,37)(H,31,36)(H,32,38)/t21-,22-/m0/s1. The Morgan fingerprint density at radius 2 is 1.75 bits per heavy atom. The largest absolute Gasteiger partial charge is 0.446 e. The number of nitrogens with zero attached hydrogens (tertiary/aromatic N) is 3. The number of thiazole rings is 1. The first-order valence-electron chi connectivity index (χ1n) is 13.7. The third kappa shape index (κ3) is 8.22. The Bertz CT molecular complexity index is 1290. The van der Waals surface area contributed by atoms with Crippen molar-refractivity contribution < 1.29 is 18.8 Å². The van der Waals surface area contributed by atoms with Crippen molar-refractivity contribution >= 4 is 29.1 Å². The van der Waals surface area contributed by atoms with E-state index >= 15 is 0 Å². The van der Waals surface area contributed by atoms with Gasteiger partial charge < -0.3 is 20.4 Å². The first kappa shape index (κ1) is 29.4. The number of aromatic nitrogens is 2. The minimum atomic E-state index is -0.566. The Morgan fingerprint density at radius 3 is 2.48 bits per heavy atom. The van der Waals surface area contributed by atoms with Gasteiger partial charge in [-0.2, -0.15) is 0 Å². The molecule has 1 aliphatic heterocycles. The number of carbonyl (C=O) groups excluding carboxylic acids is 3. The number of nitrogens with one attached hydrogen (secondary N) is 3. The number of hydrogen-bond donors (Lipinski definition) is 3. The highest BCUT2D eigenvalue weighted by Gasteiger charge is 2.27. The lowest BCUT2D eigenvalue weighted by atomic mass is 10.0. The summed E-state index contributed by atoms with van der Waals surface area (Å²) in [6.07, 6.45) is 2.41. The average molecular weight is 567 g/mol. The fourth-order valence-electron chi connectivity index (χ4n) is 4.69. The highest BCUT2D eigenvalue weighted by Crippen LogP contribution is 2.26. The van der Waals surface area contributed by atoms with E-state index < -0.39 is 11.9 Å². The van der Waals surface area contributed by atoms with E-state index in [1.807, 2.05) is 35.2 Å². The summed E-state index contributed by atoms with van der Waals surface area (Å²) in [5.74, 6) is -0.0162. The van der Waals surface area contributed by atoms with Gasteiger partial charge in [-0.05, 0) is 23.8 Å². The van der Waals surface area contributed by atoms with Gasteiger partial charge in [0.2, 0.25) is 11.8 Å². The van der Waals surface area contributed by atoms with E-state index in [1.165, 1.54) is 17.6 Å². The number of oxazole rings is 1. The molecule has 3 N–H and O–H groups in total. The van der Waals surface area contributed by atoms with E-state index in [9.17, 15) is 14.4 Å². The molecule has 0 fully saturated rings. The molecule has 3 heterocycles. The van der Waals surface area contributed by atoms with Gasteiger partial charge in [-0.3, -0.25) is 19.3 Å². The average Bonchev–Trinajstić information content (AvgIpc) is 3.58. The van der Waals surface area contributed by atoms with Crippen molar-refractivity contribution in [3.05, 3.63) is 69.8 Å². The second-order valence-corrected chi connectivity index (χ2v) is 11.9. The molecule has 4 bridgehead atoms. The van der Waals surface area contributed by atoms with Crippen LogP contribution in [0.4, 0.5) is 0 Å². The van der Waals surface area contributed by atoms with Gasteiger partial charge in [0.05, 0.1) is 12.6 Å². The van der Waals surface area contributed by atoms with E-state index in [0.717, 1.165) is 5.56 Å². The minimum absolute atomic E-state index is 0.119. The minimum Gasteiger partial charge on any atom is -0.446 e. The summed E-state index contributed by atoms with van der Waals surface area (Å²) in [5, 5.41) is 11.4. The molecule has 11 heteroatoms. The molecule has 214 valence electrons. The quantitative estimate of drug-likeness (QED) is 0.414. The Hall–Kier alpha value is -3.57. The first-order valence-corrected chi connectivity index (χ1v) is 14.6. The van der Waals surface area contributed by atoms with Crippen molar-refractivity contribution in [1.29, 1.82) is 0 Å². The Morgan fingerprint density at radius 1 is 0.975 bits per heavy atom. The smallest absolute Gasteiger partial charge is 0.273 e. The van der Waals surface area contributed by atoms with Crippen molar-refractivity contribution in [2.45, 2.75) is 52.6 Å². The van der Waals surface area contributed by atoms with Crippen LogP contribution in [0.2, 0.25) is 0 Å². The normalized spacial score (nSPS) is 19.6. The van der Waals surface area contributed by atoms with Crippen LogP contribution in [0.3, 0.4) is 0 Å². The van der Waals surface area contributed by atoms with Crippen LogP contribution in [-0.2, 0) is 11.2 Å². The molecule has 10 nitrogen and oxygen atoms in total. The molecule has 40 heavy (non-hydrogen) atoms. The molecule has 1 aromatic carbocycles. The SMILES string of the molecule is CC(C)C[C@@H]1NC(=O)c2coc(n2)[C@H](Cc2ccccc2)NC(=O)CN(CC(C)C)CCNC(=O)c2csc1n2. The summed E-state index contributed by atoms with van der Waals surface area (Å²) >= 11 is 1.34. The van der Waals surface area contributed by atoms with Crippen LogP contribution >= 0.6 is 11.3 Å². The van der Waals surface area contributed by atoms with Gasteiger partial charge in [0, 0.05) is 31.4 Å². The second kappa shape index (κ2) is 13.7. The highest BCUT2D eigenvalue weighted by atomic mass is 32.1. The van der Waals surface area contributed by atoms with Crippen molar-refractivity contribution in [3.8, 4) is 0 Å². The molecule has 0 spiro atoms. The summed E-state index contributed by atoms with van der Waals surface area (Å²) in [5.41, 5.74) is 1.43. The predicted molar refractivity (Wildman–Crippen MR) is 153 cm³/mol. The summed E-state index contributed by atoms with van der Waals surface area (Å²) in [4.78, 5) is 50.4. The molecule has 0 saturated carbocycles. The van der Waals surface area contributed by atoms with E-state index in [2.05, 4.69) is 53.6 Å². The number of carbonyl (C=O) groups is 3. The fraction of sp³-hybridized carbons (Fsp3) is 0.483. The third-order valence-electron chi connectivity index (χ3n) is 6.44. The van der Waals surface area contributed by atoms with Crippen molar-refractivity contribution in [2.24, 2.45) is 11.8 Å². The monoisotopic (exact) mass is 566 g/mol. The number of fused-ring (bicyclic) bond motifs is 4. The lowest BCUT2D eigenvalue weighted by Crippen LogP contribution is -2.44. The molecule has 2 aromatic heterocycles. The van der Waals surface area contributed by atoms with Crippen LogP contribution in [0.25, 0.3) is 0 Å². The van der Waals surface area contributed by atoms with Crippen LogP contribution in [0.5, 0.6) is 0 Å². The van der Waals surface area contributed by atoms with Gasteiger partial charge in [0.1, 0.15) is 23.0 Å². The maximum absolute atomic E-state index is 13.3. The lowest BCUT2D eigenvalue weighted by Gasteiger charge is -2.25. The van der Waals surface area contributed by atoms with Crippen LogP contribution in [-0.4, -0.2) is 58.8 Å². The van der Waals surface area contributed by atoms with Crippen LogP contribution in [0.15, 0.2) is 46.4 Å². The molecule has 3 amide bonds. The first-order chi connectivity index (χ1) is 19.2. The predicted octanol–water partition coefficient (Wildman–Crippen LogP) is 3.75. The van der Waals surface area contributed by atoms with Gasteiger partial charge in [-0.25, -0.2) is 9.97 Å². The Balaban J connectivity index is 1.66.